The van der Waals surface area contributed by atoms with Gasteiger partial charge >= 0.3 is 5.97 Å². The molecule has 18 heteroatoms. The lowest BCUT2D eigenvalue weighted by molar-refractivity contribution is -0.175. The Morgan fingerprint density at radius 1 is 0.717 bits per heavy atom. The molecule has 0 aromatic rings. The second-order valence-electron chi connectivity index (χ2n) is 12.6. The number of nitrogens with one attached hydrogen (secondary N) is 5. The van der Waals surface area contributed by atoms with Crippen LogP contribution in [0.1, 0.15) is 58.8 Å². The summed E-state index contributed by atoms with van der Waals surface area (Å²) in [5, 5.41) is 27.5. The van der Waals surface area contributed by atoms with Gasteiger partial charge in [0.2, 0.25) is 5.91 Å². The van der Waals surface area contributed by atoms with Crippen LogP contribution in [0.4, 0.5) is 0 Å². The van der Waals surface area contributed by atoms with Crippen LogP contribution < -0.4 is 27.0 Å². The van der Waals surface area contributed by atoms with Crippen LogP contribution in [0.25, 0.3) is 0 Å². The molecule has 5 aliphatic rings. The monoisotopic (exact) mass is 651 g/mol. The first-order chi connectivity index (χ1) is 22.0. The van der Waals surface area contributed by atoms with Crippen LogP contribution in [0.15, 0.2) is 0 Å². The van der Waals surface area contributed by atoms with Crippen molar-refractivity contribution in [3.05, 3.63) is 0 Å². The fourth-order valence-corrected chi connectivity index (χ4v) is 6.56. The normalized spacial score (nSPS) is 34.2. The highest BCUT2D eigenvalue weighted by Gasteiger charge is 2.48. The molecule has 5 rings (SSSR count). The number of esters is 1. The highest BCUT2D eigenvalue weighted by atomic mass is 16.6. The molecule has 18 nitrogen and oxygen atoms in total. The number of aliphatic hydroxyl groups excluding tert-OH is 2. The highest BCUT2D eigenvalue weighted by molar-refractivity contribution is 5.97. The van der Waals surface area contributed by atoms with Gasteiger partial charge in [0, 0.05) is 32.6 Å². The van der Waals surface area contributed by atoms with E-state index in [1.165, 1.54) is 10.0 Å². The molecule has 7 atom stereocenters. The summed E-state index contributed by atoms with van der Waals surface area (Å²) in [6.07, 6.45) is -0.0726. The van der Waals surface area contributed by atoms with E-state index in [-0.39, 0.29) is 25.8 Å². The standard InChI is InChI=1S/C28H45N9O9/c1-15(2)22-27(44)36-20(8-5-11-31-36)25(42)34-18(6-3-9-29-34)24(41)35-19(7-4-10-30-35)26(43)37-21(12-16(39)13-32-37)23(40)33-17(14-38)28(45)46-22/h15-22,29-32,38-39H,3-14H2,1-2H3,(H,33,40). The Balaban J connectivity index is 1.56. The maximum atomic E-state index is 14.2. The van der Waals surface area contributed by atoms with Crippen LogP contribution in [0.5, 0.6) is 0 Å². The van der Waals surface area contributed by atoms with Gasteiger partial charge in [0.25, 0.3) is 23.6 Å². The number of aliphatic hydroxyl groups is 2. The van der Waals surface area contributed by atoms with E-state index < -0.39 is 90.4 Å². The van der Waals surface area contributed by atoms with E-state index in [1.807, 2.05) is 0 Å². The second-order valence-corrected chi connectivity index (χ2v) is 12.6. The number of nitrogens with zero attached hydrogens (tertiary/aromatic N) is 4. The van der Waals surface area contributed by atoms with Gasteiger partial charge in [-0.2, -0.15) is 0 Å². The van der Waals surface area contributed by atoms with Crippen molar-refractivity contribution in [1.29, 1.82) is 0 Å². The molecule has 0 saturated carbocycles. The molecule has 5 aliphatic heterocycles. The molecule has 0 radical (unpaired) electrons. The molecule has 5 saturated heterocycles. The zero-order valence-electron chi connectivity index (χ0n) is 26.1. The number of carbonyl (C=O) groups is 6. The average molecular weight is 652 g/mol. The van der Waals surface area contributed by atoms with E-state index in [1.54, 1.807) is 13.8 Å². The minimum absolute atomic E-state index is 0.0476. The van der Waals surface area contributed by atoms with Crippen molar-refractivity contribution < 1.29 is 43.7 Å². The summed E-state index contributed by atoms with van der Waals surface area (Å²) in [6, 6.07) is -6.01. The van der Waals surface area contributed by atoms with Crippen molar-refractivity contribution in [2.45, 2.75) is 101 Å². The van der Waals surface area contributed by atoms with E-state index in [0.29, 0.717) is 45.3 Å². The van der Waals surface area contributed by atoms with Crippen molar-refractivity contribution >= 4 is 35.5 Å². The molecule has 0 aliphatic carbocycles. The Morgan fingerprint density at radius 2 is 1.17 bits per heavy atom. The van der Waals surface area contributed by atoms with E-state index in [4.69, 9.17) is 4.74 Å². The Kier molecular flexibility index (Phi) is 10.7. The van der Waals surface area contributed by atoms with E-state index in [2.05, 4.69) is 27.0 Å². The highest BCUT2D eigenvalue weighted by Crippen LogP contribution is 2.25. The average Bonchev–Trinajstić information content (AvgIpc) is 3.07. The molecule has 7 N–H and O–H groups in total. The lowest BCUT2D eigenvalue weighted by atomic mass is 9.99. The molecule has 46 heavy (non-hydrogen) atoms. The van der Waals surface area contributed by atoms with Crippen LogP contribution in [0.3, 0.4) is 0 Å². The Morgan fingerprint density at radius 3 is 1.63 bits per heavy atom. The predicted octanol–water partition coefficient (Wildman–Crippen LogP) is -4.00. The number of carbonyl (C=O) groups excluding carboxylic acids is 6. The summed E-state index contributed by atoms with van der Waals surface area (Å²) in [6.45, 7) is 3.55. The number of hydrogen-bond donors (Lipinski definition) is 7. The summed E-state index contributed by atoms with van der Waals surface area (Å²) < 4.78 is 5.58. The summed E-state index contributed by atoms with van der Waals surface area (Å²) in [7, 11) is 0. The first kappa shape index (κ1) is 33.9. The minimum Gasteiger partial charge on any atom is -0.450 e. The molecule has 0 aromatic heterocycles. The van der Waals surface area contributed by atoms with Gasteiger partial charge in [-0.05, 0) is 44.4 Å². The maximum Gasteiger partial charge on any atom is 0.331 e. The first-order valence-electron chi connectivity index (χ1n) is 16.1. The zero-order valence-corrected chi connectivity index (χ0v) is 26.1. The van der Waals surface area contributed by atoms with Gasteiger partial charge in [0.15, 0.2) is 12.1 Å². The third-order valence-electron chi connectivity index (χ3n) is 9.03. The number of hydrazine groups is 4. The van der Waals surface area contributed by atoms with E-state index in [9.17, 15) is 39.0 Å². The number of fused-ring (bicyclic) bond motifs is 4. The van der Waals surface area contributed by atoms with Crippen LogP contribution in [-0.2, 0) is 33.5 Å². The van der Waals surface area contributed by atoms with Crippen LogP contribution >= 0.6 is 0 Å². The molecule has 0 spiro atoms. The zero-order chi connectivity index (χ0) is 33.1. The van der Waals surface area contributed by atoms with Crippen molar-refractivity contribution in [1.82, 2.24) is 47.1 Å². The van der Waals surface area contributed by atoms with Gasteiger partial charge < -0.3 is 20.3 Å². The Hall–Kier alpha value is -3.42. The van der Waals surface area contributed by atoms with Crippen molar-refractivity contribution in [3.63, 3.8) is 0 Å². The lowest BCUT2D eigenvalue weighted by Gasteiger charge is -2.46. The van der Waals surface area contributed by atoms with Crippen LogP contribution in [0, 0.1) is 5.92 Å². The fraction of sp³-hybridized carbons (Fsp3) is 0.786. The smallest absolute Gasteiger partial charge is 0.331 e. The maximum absolute atomic E-state index is 14.2. The van der Waals surface area contributed by atoms with Gasteiger partial charge in [0.1, 0.15) is 24.2 Å². The molecular weight excluding hydrogens is 606 g/mol. The van der Waals surface area contributed by atoms with Gasteiger partial charge in [-0.25, -0.2) is 26.5 Å². The van der Waals surface area contributed by atoms with Gasteiger partial charge in [-0.3, -0.25) is 44.0 Å². The van der Waals surface area contributed by atoms with E-state index in [0.717, 1.165) is 10.0 Å². The number of hydrogen-bond acceptors (Lipinski definition) is 13. The molecule has 256 valence electrons. The van der Waals surface area contributed by atoms with Gasteiger partial charge in [0.05, 0.1) is 12.7 Å². The summed E-state index contributed by atoms with van der Waals surface area (Å²) >= 11 is 0. The summed E-state index contributed by atoms with van der Waals surface area (Å²) in [5.74, 6) is -4.86. The fourth-order valence-electron chi connectivity index (χ4n) is 6.56. The predicted molar refractivity (Wildman–Crippen MR) is 157 cm³/mol. The number of amides is 5. The molecule has 5 fully saturated rings. The lowest BCUT2D eigenvalue weighted by Crippen LogP contribution is -2.71. The quantitative estimate of drug-likeness (QED) is 0.142. The topological polar surface area (TPSA) is 225 Å². The van der Waals surface area contributed by atoms with Crippen molar-refractivity contribution in [2.24, 2.45) is 5.92 Å². The SMILES string of the molecule is CC(C)C1OC(=O)C(CO)NC(=O)C2CC(O)CNN2C(=O)C2CCCNN2C(=O)C2CCCNN2C(=O)C2CCCNN2C1=O. The van der Waals surface area contributed by atoms with E-state index >= 15 is 0 Å². The van der Waals surface area contributed by atoms with Gasteiger partial charge in [-0.15, -0.1) is 0 Å². The van der Waals surface area contributed by atoms with Crippen LogP contribution in [0.2, 0.25) is 0 Å². The third-order valence-corrected chi connectivity index (χ3v) is 9.03. The molecular formula is C28H45N9O9. The molecule has 7 unspecified atom stereocenters. The van der Waals surface area contributed by atoms with Crippen LogP contribution in [-0.4, -0.2) is 141 Å². The summed E-state index contributed by atoms with van der Waals surface area (Å²) in [5.41, 5.74) is 11.8. The van der Waals surface area contributed by atoms with Gasteiger partial charge in [-0.1, -0.05) is 13.8 Å². The molecule has 5 amide bonds. The van der Waals surface area contributed by atoms with Crippen molar-refractivity contribution in [2.75, 3.05) is 32.8 Å². The largest absolute Gasteiger partial charge is 0.450 e. The second kappa shape index (κ2) is 14.6. The minimum atomic E-state index is -1.60. The molecule has 0 aromatic carbocycles. The number of cyclic esters (lactones) is 1. The molecule has 5 heterocycles. The molecule has 0 bridgehead atoms. The number of ether oxygens (including phenoxy) is 1. The number of rotatable bonds is 2. The Bertz CT molecular complexity index is 1200. The third kappa shape index (κ3) is 6.82. The summed E-state index contributed by atoms with van der Waals surface area (Å²) in [4.78, 5) is 83.2. The first-order valence-corrected chi connectivity index (χ1v) is 16.1. The number of β-amino-alcohol motifs (C(OH)–C–C–N with tert-alkyl or cyclic N) is 1. The Labute approximate surface area is 266 Å². The van der Waals surface area contributed by atoms with Crippen molar-refractivity contribution in [3.8, 4) is 0 Å².